The Morgan fingerprint density at radius 3 is 2.95 bits per heavy atom. The molecule has 0 aliphatic rings. The van der Waals surface area contributed by atoms with Crippen molar-refractivity contribution in [3.63, 3.8) is 0 Å². The SMILES string of the molecule is C#Cc1cccc(NC(=O)c2cc(N)cn2CCC)c1. The normalized spacial score (nSPS) is 10.0. The number of rotatable bonds is 4. The highest BCUT2D eigenvalue weighted by atomic mass is 16.1. The van der Waals surface area contributed by atoms with E-state index in [2.05, 4.69) is 11.2 Å². The van der Waals surface area contributed by atoms with Crippen LogP contribution in [0, 0.1) is 12.3 Å². The third-order valence-corrected chi connectivity index (χ3v) is 2.90. The fourth-order valence-corrected chi connectivity index (χ4v) is 2.03. The van der Waals surface area contributed by atoms with Gasteiger partial charge >= 0.3 is 0 Å². The lowest BCUT2D eigenvalue weighted by molar-refractivity contribution is 0.101. The second-order valence-corrected chi connectivity index (χ2v) is 4.53. The van der Waals surface area contributed by atoms with Gasteiger partial charge in [-0.2, -0.15) is 0 Å². The van der Waals surface area contributed by atoms with Crippen LogP contribution in [0.25, 0.3) is 0 Å². The second-order valence-electron chi connectivity index (χ2n) is 4.53. The molecule has 0 saturated carbocycles. The molecule has 0 fully saturated rings. The number of benzene rings is 1. The molecule has 20 heavy (non-hydrogen) atoms. The highest BCUT2D eigenvalue weighted by Gasteiger charge is 2.12. The van der Waals surface area contributed by atoms with Gasteiger partial charge in [0.25, 0.3) is 5.91 Å². The Kier molecular flexibility index (Phi) is 4.11. The van der Waals surface area contributed by atoms with Crippen LogP contribution >= 0.6 is 0 Å². The second kappa shape index (κ2) is 5.98. The maximum absolute atomic E-state index is 12.3. The summed E-state index contributed by atoms with van der Waals surface area (Å²) in [6.45, 7) is 2.80. The number of terminal acetylenes is 1. The quantitative estimate of drug-likeness (QED) is 0.837. The number of anilines is 2. The van der Waals surface area contributed by atoms with E-state index in [1.807, 2.05) is 23.6 Å². The Morgan fingerprint density at radius 2 is 2.25 bits per heavy atom. The molecular weight excluding hydrogens is 250 g/mol. The zero-order valence-electron chi connectivity index (χ0n) is 11.4. The van der Waals surface area contributed by atoms with Crippen LogP contribution in [0.3, 0.4) is 0 Å². The van der Waals surface area contributed by atoms with Crippen molar-refractivity contribution in [1.82, 2.24) is 4.57 Å². The summed E-state index contributed by atoms with van der Waals surface area (Å²) in [5.41, 5.74) is 8.30. The molecule has 1 amide bonds. The summed E-state index contributed by atoms with van der Waals surface area (Å²) in [5, 5.41) is 2.83. The van der Waals surface area contributed by atoms with E-state index in [0.717, 1.165) is 18.5 Å². The first-order valence-electron chi connectivity index (χ1n) is 6.47. The number of aryl methyl sites for hydroxylation is 1. The van der Waals surface area contributed by atoms with Gasteiger partial charge < -0.3 is 15.6 Å². The molecule has 4 heteroatoms. The lowest BCUT2D eigenvalue weighted by atomic mass is 10.2. The monoisotopic (exact) mass is 267 g/mol. The van der Waals surface area contributed by atoms with Crippen LogP contribution in [0.5, 0.6) is 0 Å². The maximum atomic E-state index is 12.3. The number of aromatic nitrogens is 1. The molecule has 0 radical (unpaired) electrons. The summed E-state index contributed by atoms with van der Waals surface area (Å²) >= 11 is 0. The van der Waals surface area contributed by atoms with Crippen molar-refractivity contribution >= 4 is 17.3 Å². The van der Waals surface area contributed by atoms with Gasteiger partial charge in [-0.25, -0.2) is 0 Å². The molecule has 1 heterocycles. The summed E-state index contributed by atoms with van der Waals surface area (Å²) in [5.74, 6) is 2.35. The van der Waals surface area contributed by atoms with Crippen molar-refractivity contribution in [2.45, 2.75) is 19.9 Å². The van der Waals surface area contributed by atoms with E-state index >= 15 is 0 Å². The molecule has 4 nitrogen and oxygen atoms in total. The highest BCUT2D eigenvalue weighted by molar-refractivity contribution is 6.03. The molecule has 1 aromatic carbocycles. The van der Waals surface area contributed by atoms with E-state index in [4.69, 9.17) is 12.2 Å². The fraction of sp³-hybridized carbons (Fsp3) is 0.188. The molecule has 3 N–H and O–H groups in total. The van der Waals surface area contributed by atoms with Gasteiger partial charge in [-0.3, -0.25) is 4.79 Å². The van der Waals surface area contributed by atoms with Gasteiger partial charge in [-0.1, -0.05) is 18.9 Å². The van der Waals surface area contributed by atoms with E-state index in [1.54, 1.807) is 24.4 Å². The minimum atomic E-state index is -0.190. The summed E-state index contributed by atoms with van der Waals surface area (Å²) < 4.78 is 1.86. The number of nitrogens with two attached hydrogens (primary N) is 1. The topological polar surface area (TPSA) is 60.1 Å². The van der Waals surface area contributed by atoms with Gasteiger partial charge in [-0.15, -0.1) is 6.42 Å². The van der Waals surface area contributed by atoms with Crippen molar-refractivity contribution < 1.29 is 4.79 Å². The van der Waals surface area contributed by atoms with Crippen LogP contribution in [0.4, 0.5) is 11.4 Å². The van der Waals surface area contributed by atoms with Gasteiger partial charge in [0.05, 0.1) is 5.69 Å². The molecule has 0 bridgehead atoms. The third kappa shape index (κ3) is 3.01. The zero-order valence-corrected chi connectivity index (χ0v) is 11.4. The zero-order chi connectivity index (χ0) is 14.5. The molecule has 102 valence electrons. The maximum Gasteiger partial charge on any atom is 0.272 e. The highest BCUT2D eigenvalue weighted by Crippen LogP contribution is 2.15. The first-order valence-corrected chi connectivity index (χ1v) is 6.47. The van der Waals surface area contributed by atoms with Crippen molar-refractivity contribution in [2.75, 3.05) is 11.1 Å². The Hall–Kier alpha value is -2.67. The smallest absolute Gasteiger partial charge is 0.272 e. The molecule has 0 aliphatic heterocycles. The summed E-state index contributed by atoms with van der Waals surface area (Å²) in [7, 11) is 0. The number of amides is 1. The van der Waals surface area contributed by atoms with E-state index < -0.39 is 0 Å². The Bertz CT molecular complexity index is 665. The Balaban J connectivity index is 2.21. The van der Waals surface area contributed by atoms with Crippen molar-refractivity contribution in [2.24, 2.45) is 0 Å². The van der Waals surface area contributed by atoms with Crippen molar-refractivity contribution in [1.29, 1.82) is 0 Å². The van der Waals surface area contributed by atoms with Gasteiger partial charge in [-0.05, 0) is 30.7 Å². The van der Waals surface area contributed by atoms with Crippen LogP contribution in [0.1, 0.15) is 29.4 Å². The molecule has 0 spiro atoms. The largest absolute Gasteiger partial charge is 0.397 e. The predicted octanol–water partition coefficient (Wildman–Crippen LogP) is 2.71. The summed E-state index contributed by atoms with van der Waals surface area (Å²) in [4.78, 5) is 12.3. The van der Waals surface area contributed by atoms with E-state index in [1.165, 1.54) is 0 Å². The number of nitrogens with zero attached hydrogens (tertiary/aromatic N) is 1. The molecule has 2 aromatic rings. The van der Waals surface area contributed by atoms with Crippen LogP contribution in [0.15, 0.2) is 36.5 Å². The molecule has 2 rings (SSSR count). The molecule has 0 atom stereocenters. The standard InChI is InChI=1S/C16H17N3O/c1-3-8-19-11-13(17)10-15(19)16(20)18-14-7-5-6-12(4-2)9-14/h2,5-7,9-11H,3,8,17H2,1H3,(H,18,20). The number of carbonyl (C=O) groups is 1. The third-order valence-electron chi connectivity index (χ3n) is 2.90. The Morgan fingerprint density at radius 1 is 1.45 bits per heavy atom. The molecule has 0 unspecified atom stereocenters. The molecular formula is C16H17N3O. The first kappa shape index (κ1) is 13.8. The number of nitrogen functional groups attached to an aromatic ring is 1. The van der Waals surface area contributed by atoms with Gasteiger partial charge in [0.15, 0.2) is 0 Å². The van der Waals surface area contributed by atoms with Crippen LogP contribution in [0.2, 0.25) is 0 Å². The van der Waals surface area contributed by atoms with Gasteiger partial charge in [0, 0.05) is 24.0 Å². The van der Waals surface area contributed by atoms with Crippen LogP contribution in [-0.2, 0) is 6.54 Å². The lowest BCUT2D eigenvalue weighted by Crippen LogP contribution is -2.16. The first-order chi connectivity index (χ1) is 9.63. The average molecular weight is 267 g/mol. The van der Waals surface area contributed by atoms with Crippen LogP contribution in [-0.4, -0.2) is 10.5 Å². The minimum absolute atomic E-state index is 0.190. The fourth-order valence-electron chi connectivity index (χ4n) is 2.03. The Labute approximate surface area is 118 Å². The van der Waals surface area contributed by atoms with E-state index in [0.29, 0.717) is 17.1 Å². The molecule has 1 aromatic heterocycles. The van der Waals surface area contributed by atoms with Crippen LogP contribution < -0.4 is 11.1 Å². The van der Waals surface area contributed by atoms with E-state index in [9.17, 15) is 4.79 Å². The number of nitrogens with one attached hydrogen (secondary N) is 1. The number of carbonyl (C=O) groups excluding carboxylic acids is 1. The number of hydrogen-bond acceptors (Lipinski definition) is 2. The van der Waals surface area contributed by atoms with Gasteiger partial charge in [0.2, 0.25) is 0 Å². The van der Waals surface area contributed by atoms with E-state index in [-0.39, 0.29) is 5.91 Å². The molecule has 0 aliphatic carbocycles. The summed E-state index contributed by atoms with van der Waals surface area (Å²) in [6.07, 6.45) is 8.05. The summed E-state index contributed by atoms with van der Waals surface area (Å²) in [6, 6.07) is 8.86. The number of hydrogen-bond donors (Lipinski definition) is 2. The predicted molar refractivity (Wildman–Crippen MR) is 81.5 cm³/mol. The average Bonchev–Trinajstić information content (AvgIpc) is 2.80. The molecule has 0 saturated heterocycles. The van der Waals surface area contributed by atoms with Crippen molar-refractivity contribution in [3.05, 3.63) is 47.8 Å². The van der Waals surface area contributed by atoms with Gasteiger partial charge in [0.1, 0.15) is 5.69 Å². The lowest BCUT2D eigenvalue weighted by Gasteiger charge is -2.08. The minimum Gasteiger partial charge on any atom is -0.397 e. The van der Waals surface area contributed by atoms with Crippen molar-refractivity contribution in [3.8, 4) is 12.3 Å².